The Kier molecular flexibility index (Phi) is 5.97. The van der Waals surface area contributed by atoms with Crippen molar-refractivity contribution >= 4 is 17.7 Å². The summed E-state index contributed by atoms with van der Waals surface area (Å²) in [6.07, 6.45) is -0.515. The van der Waals surface area contributed by atoms with Gasteiger partial charge in [-0.3, -0.25) is 4.79 Å². The first-order chi connectivity index (χ1) is 10.1. The fourth-order valence-electron chi connectivity index (χ4n) is 1.80. The molecule has 2 amide bonds. The Balaban J connectivity index is 2.59. The van der Waals surface area contributed by atoms with Crippen LogP contribution in [0, 0.1) is 0 Å². The molecule has 5 heteroatoms. The third-order valence-corrected chi connectivity index (χ3v) is 2.92. The Hall–Kier alpha value is -2.04. The molecule has 1 aromatic carbocycles. The Morgan fingerprint density at radius 1 is 1.27 bits per heavy atom. The molecule has 0 saturated carbocycles. The average molecular weight is 306 g/mol. The maximum atomic E-state index is 12.0. The van der Waals surface area contributed by atoms with Gasteiger partial charge >= 0.3 is 6.09 Å². The van der Waals surface area contributed by atoms with Crippen molar-refractivity contribution in [2.24, 2.45) is 0 Å². The molecule has 22 heavy (non-hydrogen) atoms. The lowest BCUT2D eigenvalue weighted by Crippen LogP contribution is -2.38. The molecule has 0 bridgehead atoms. The highest BCUT2D eigenvalue weighted by atomic mass is 16.6. The number of likely N-dealkylation sites (N-methyl/N-ethyl adjacent to an activating group) is 1. The maximum absolute atomic E-state index is 12.0. The molecule has 0 fully saturated rings. The molecule has 0 atom stereocenters. The van der Waals surface area contributed by atoms with E-state index in [0.29, 0.717) is 5.92 Å². The summed E-state index contributed by atoms with van der Waals surface area (Å²) in [5.41, 5.74) is 1.31. The average Bonchev–Trinajstić information content (AvgIpc) is 2.36. The van der Waals surface area contributed by atoms with E-state index in [1.54, 1.807) is 20.8 Å². The van der Waals surface area contributed by atoms with Crippen molar-refractivity contribution in [3.8, 4) is 0 Å². The van der Waals surface area contributed by atoms with E-state index < -0.39 is 11.7 Å². The molecule has 1 rings (SSSR count). The highest BCUT2D eigenvalue weighted by Crippen LogP contribution is 2.18. The number of benzene rings is 1. The molecule has 0 saturated heterocycles. The molecule has 0 aliphatic rings. The number of carbonyl (C=O) groups excluding carboxylic acids is 2. The van der Waals surface area contributed by atoms with Gasteiger partial charge in [0.2, 0.25) is 5.91 Å². The number of hydrogen-bond donors (Lipinski definition) is 1. The van der Waals surface area contributed by atoms with E-state index in [1.807, 2.05) is 24.3 Å². The van der Waals surface area contributed by atoms with E-state index in [1.165, 1.54) is 11.9 Å². The zero-order valence-corrected chi connectivity index (χ0v) is 14.3. The minimum Gasteiger partial charge on any atom is -0.444 e. The first-order valence-electron chi connectivity index (χ1n) is 7.42. The van der Waals surface area contributed by atoms with Gasteiger partial charge in [-0.25, -0.2) is 4.79 Å². The van der Waals surface area contributed by atoms with Crippen LogP contribution in [-0.4, -0.2) is 36.1 Å². The predicted molar refractivity (Wildman–Crippen MR) is 88.0 cm³/mol. The van der Waals surface area contributed by atoms with Crippen LogP contribution >= 0.6 is 0 Å². The minimum atomic E-state index is -0.576. The van der Waals surface area contributed by atoms with E-state index in [9.17, 15) is 9.59 Å². The standard InChI is InChI=1S/C17H26N2O3/c1-12(2)13-8-7-9-14(10-13)18-15(20)11-19(6)16(21)22-17(3,4)5/h7-10,12H,11H2,1-6H3,(H,18,20). The van der Waals surface area contributed by atoms with E-state index >= 15 is 0 Å². The summed E-state index contributed by atoms with van der Waals surface area (Å²) in [6, 6.07) is 7.70. The second kappa shape index (κ2) is 7.29. The first kappa shape index (κ1) is 18.0. The molecule has 0 aliphatic carbocycles. The number of carbonyl (C=O) groups is 2. The van der Waals surface area contributed by atoms with E-state index in [-0.39, 0.29) is 12.5 Å². The topological polar surface area (TPSA) is 58.6 Å². The lowest BCUT2D eigenvalue weighted by molar-refractivity contribution is -0.117. The molecule has 0 unspecified atom stereocenters. The van der Waals surface area contributed by atoms with Gasteiger partial charge in [0, 0.05) is 12.7 Å². The van der Waals surface area contributed by atoms with Gasteiger partial charge in [0.1, 0.15) is 12.1 Å². The quantitative estimate of drug-likeness (QED) is 0.924. The lowest BCUT2D eigenvalue weighted by atomic mass is 10.0. The second-order valence-electron chi connectivity index (χ2n) is 6.66. The minimum absolute atomic E-state index is 0.0547. The lowest BCUT2D eigenvalue weighted by Gasteiger charge is -2.24. The van der Waals surface area contributed by atoms with Crippen LogP contribution in [0.2, 0.25) is 0 Å². The van der Waals surface area contributed by atoms with Gasteiger partial charge in [0.05, 0.1) is 0 Å². The van der Waals surface area contributed by atoms with Gasteiger partial charge in [-0.15, -0.1) is 0 Å². The van der Waals surface area contributed by atoms with Crippen LogP contribution in [0.5, 0.6) is 0 Å². The number of ether oxygens (including phenoxy) is 1. The molecule has 0 radical (unpaired) electrons. The summed E-state index contributed by atoms with van der Waals surface area (Å²) in [4.78, 5) is 25.1. The van der Waals surface area contributed by atoms with Crippen LogP contribution in [-0.2, 0) is 9.53 Å². The van der Waals surface area contributed by atoms with Crippen LogP contribution in [0.15, 0.2) is 24.3 Å². The van der Waals surface area contributed by atoms with Gasteiger partial charge in [-0.1, -0.05) is 26.0 Å². The van der Waals surface area contributed by atoms with Gasteiger partial charge < -0.3 is 15.0 Å². The Bertz CT molecular complexity index is 533. The SMILES string of the molecule is CC(C)c1cccc(NC(=O)CN(C)C(=O)OC(C)(C)C)c1. The van der Waals surface area contributed by atoms with Gasteiger partial charge in [-0.05, 0) is 44.4 Å². The monoisotopic (exact) mass is 306 g/mol. The van der Waals surface area contributed by atoms with Crippen molar-refractivity contribution in [1.29, 1.82) is 0 Å². The Morgan fingerprint density at radius 3 is 2.45 bits per heavy atom. The number of hydrogen-bond acceptors (Lipinski definition) is 3. The van der Waals surface area contributed by atoms with Crippen molar-refractivity contribution in [3.63, 3.8) is 0 Å². The first-order valence-corrected chi connectivity index (χ1v) is 7.42. The summed E-state index contributed by atoms with van der Waals surface area (Å²) in [6.45, 7) is 9.50. The van der Waals surface area contributed by atoms with Crippen LogP contribution in [0.25, 0.3) is 0 Å². The van der Waals surface area contributed by atoms with Crippen molar-refractivity contribution < 1.29 is 14.3 Å². The zero-order chi connectivity index (χ0) is 16.9. The summed E-state index contributed by atoms with van der Waals surface area (Å²) < 4.78 is 5.21. The fourth-order valence-corrected chi connectivity index (χ4v) is 1.80. The van der Waals surface area contributed by atoms with Crippen molar-refractivity contribution in [3.05, 3.63) is 29.8 Å². The predicted octanol–water partition coefficient (Wildman–Crippen LogP) is 3.62. The van der Waals surface area contributed by atoms with Crippen molar-refractivity contribution in [2.75, 3.05) is 18.9 Å². The second-order valence-corrected chi connectivity index (χ2v) is 6.66. The Morgan fingerprint density at radius 2 is 1.91 bits per heavy atom. The molecule has 0 aromatic heterocycles. The molecule has 5 nitrogen and oxygen atoms in total. The number of nitrogens with zero attached hydrogens (tertiary/aromatic N) is 1. The molecule has 1 aromatic rings. The summed E-state index contributed by atoms with van der Waals surface area (Å²) in [7, 11) is 1.54. The van der Waals surface area contributed by atoms with Crippen LogP contribution in [0.3, 0.4) is 0 Å². The van der Waals surface area contributed by atoms with E-state index in [2.05, 4.69) is 19.2 Å². The van der Waals surface area contributed by atoms with Gasteiger partial charge in [0.15, 0.2) is 0 Å². The third kappa shape index (κ3) is 6.16. The van der Waals surface area contributed by atoms with Crippen molar-refractivity contribution in [1.82, 2.24) is 4.90 Å². The Labute approximate surface area is 132 Å². The maximum Gasteiger partial charge on any atom is 0.410 e. The normalized spacial score (nSPS) is 11.2. The zero-order valence-electron chi connectivity index (χ0n) is 14.3. The molecule has 122 valence electrons. The number of rotatable bonds is 4. The molecular formula is C17H26N2O3. The molecule has 1 N–H and O–H groups in total. The number of nitrogens with one attached hydrogen (secondary N) is 1. The van der Waals surface area contributed by atoms with Gasteiger partial charge in [0.25, 0.3) is 0 Å². The third-order valence-electron chi connectivity index (χ3n) is 2.92. The van der Waals surface area contributed by atoms with E-state index in [4.69, 9.17) is 4.74 Å². The number of amides is 2. The summed E-state index contributed by atoms with van der Waals surface area (Å²) in [5, 5.41) is 2.80. The van der Waals surface area contributed by atoms with Gasteiger partial charge in [-0.2, -0.15) is 0 Å². The molecular weight excluding hydrogens is 280 g/mol. The molecule has 0 heterocycles. The summed E-state index contributed by atoms with van der Waals surface area (Å²) >= 11 is 0. The smallest absolute Gasteiger partial charge is 0.410 e. The highest BCUT2D eigenvalue weighted by Gasteiger charge is 2.21. The van der Waals surface area contributed by atoms with Crippen LogP contribution in [0.1, 0.15) is 46.1 Å². The fraction of sp³-hybridized carbons (Fsp3) is 0.529. The highest BCUT2D eigenvalue weighted by molar-refractivity contribution is 5.93. The largest absolute Gasteiger partial charge is 0.444 e. The number of anilines is 1. The van der Waals surface area contributed by atoms with E-state index in [0.717, 1.165) is 11.3 Å². The van der Waals surface area contributed by atoms with Crippen LogP contribution in [0.4, 0.5) is 10.5 Å². The van der Waals surface area contributed by atoms with Crippen LogP contribution < -0.4 is 5.32 Å². The van der Waals surface area contributed by atoms with Crippen molar-refractivity contribution in [2.45, 2.75) is 46.1 Å². The summed E-state index contributed by atoms with van der Waals surface area (Å²) in [5.74, 6) is 0.135. The molecule has 0 spiro atoms. The molecule has 0 aliphatic heterocycles.